The number of nitrogen functional groups attached to an aromatic ring is 1. The SMILES string of the molecule is CN1CCC(N(C)Cc2cccc(N)c2C(=O)O)CC1. The summed E-state index contributed by atoms with van der Waals surface area (Å²) in [6, 6.07) is 5.82. The molecule has 3 N–H and O–H groups in total. The van der Waals surface area contributed by atoms with Crippen LogP contribution < -0.4 is 5.73 Å². The Morgan fingerprint density at radius 3 is 2.70 bits per heavy atom. The van der Waals surface area contributed by atoms with E-state index < -0.39 is 5.97 Å². The van der Waals surface area contributed by atoms with Crippen molar-refractivity contribution in [1.82, 2.24) is 9.80 Å². The third-order valence-electron chi connectivity index (χ3n) is 4.13. The van der Waals surface area contributed by atoms with Crippen LogP contribution in [0.2, 0.25) is 0 Å². The molecule has 1 fully saturated rings. The number of nitrogens with two attached hydrogens (primary N) is 1. The Balaban J connectivity index is 2.10. The van der Waals surface area contributed by atoms with Crippen LogP contribution >= 0.6 is 0 Å². The average molecular weight is 277 g/mol. The van der Waals surface area contributed by atoms with Crippen LogP contribution in [0.3, 0.4) is 0 Å². The molecule has 1 aromatic carbocycles. The highest BCUT2D eigenvalue weighted by atomic mass is 16.4. The number of carboxylic acids is 1. The molecule has 1 heterocycles. The van der Waals surface area contributed by atoms with E-state index in [9.17, 15) is 9.90 Å². The first-order chi connectivity index (χ1) is 9.49. The molecule has 0 bridgehead atoms. The van der Waals surface area contributed by atoms with Crippen molar-refractivity contribution < 1.29 is 9.90 Å². The highest BCUT2D eigenvalue weighted by Gasteiger charge is 2.22. The van der Waals surface area contributed by atoms with Gasteiger partial charge in [-0.2, -0.15) is 0 Å². The van der Waals surface area contributed by atoms with E-state index in [4.69, 9.17) is 5.73 Å². The van der Waals surface area contributed by atoms with Gasteiger partial charge in [-0.1, -0.05) is 12.1 Å². The smallest absolute Gasteiger partial charge is 0.338 e. The molecule has 0 radical (unpaired) electrons. The van der Waals surface area contributed by atoms with Gasteiger partial charge in [-0.15, -0.1) is 0 Å². The Labute approximate surface area is 120 Å². The number of likely N-dealkylation sites (tertiary alicyclic amines) is 1. The summed E-state index contributed by atoms with van der Waals surface area (Å²) < 4.78 is 0. The van der Waals surface area contributed by atoms with Crippen molar-refractivity contribution in [1.29, 1.82) is 0 Å². The Kier molecular flexibility index (Phi) is 4.62. The number of nitrogens with zero attached hydrogens (tertiary/aromatic N) is 2. The molecule has 0 atom stereocenters. The molecular weight excluding hydrogens is 254 g/mol. The van der Waals surface area contributed by atoms with Crippen molar-refractivity contribution in [3.8, 4) is 0 Å². The van der Waals surface area contributed by atoms with E-state index in [0.717, 1.165) is 31.5 Å². The van der Waals surface area contributed by atoms with Gasteiger partial charge in [0.1, 0.15) is 0 Å². The lowest BCUT2D eigenvalue weighted by Crippen LogP contribution is -2.41. The first kappa shape index (κ1) is 14.8. The van der Waals surface area contributed by atoms with Gasteiger partial charge in [0, 0.05) is 18.3 Å². The van der Waals surface area contributed by atoms with Gasteiger partial charge in [-0.05, 0) is 51.7 Å². The van der Waals surface area contributed by atoms with Gasteiger partial charge in [0.25, 0.3) is 0 Å². The van der Waals surface area contributed by atoms with E-state index in [2.05, 4.69) is 23.9 Å². The number of benzene rings is 1. The maximum absolute atomic E-state index is 11.3. The molecule has 0 aliphatic carbocycles. The van der Waals surface area contributed by atoms with Crippen LogP contribution in [0, 0.1) is 0 Å². The first-order valence-corrected chi connectivity index (χ1v) is 6.98. The van der Waals surface area contributed by atoms with Crippen LogP contribution in [0.5, 0.6) is 0 Å². The zero-order valence-electron chi connectivity index (χ0n) is 12.2. The number of anilines is 1. The minimum Gasteiger partial charge on any atom is -0.478 e. The Morgan fingerprint density at radius 2 is 2.10 bits per heavy atom. The maximum Gasteiger partial charge on any atom is 0.338 e. The van der Waals surface area contributed by atoms with E-state index in [0.29, 0.717) is 18.3 Å². The molecule has 5 heteroatoms. The molecule has 0 spiro atoms. The minimum atomic E-state index is -0.949. The van der Waals surface area contributed by atoms with Gasteiger partial charge in [0.05, 0.1) is 5.56 Å². The lowest BCUT2D eigenvalue weighted by atomic mass is 10.0. The van der Waals surface area contributed by atoms with Crippen LogP contribution in [-0.2, 0) is 6.54 Å². The van der Waals surface area contributed by atoms with Gasteiger partial charge in [0.2, 0.25) is 0 Å². The molecule has 0 aromatic heterocycles. The quantitative estimate of drug-likeness (QED) is 0.816. The van der Waals surface area contributed by atoms with E-state index >= 15 is 0 Å². The molecule has 1 saturated heterocycles. The van der Waals surface area contributed by atoms with Gasteiger partial charge in [0.15, 0.2) is 0 Å². The molecule has 110 valence electrons. The summed E-state index contributed by atoms with van der Waals surface area (Å²) in [5.41, 5.74) is 7.16. The summed E-state index contributed by atoms with van der Waals surface area (Å²) in [6.45, 7) is 2.82. The van der Waals surface area contributed by atoms with Gasteiger partial charge >= 0.3 is 5.97 Å². The van der Waals surface area contributed by atoms with Crippen molar-refractivity contribution in [3.63, 3.8) is 0 Å². The van der Waals surface area contributed by atoms with E-state index in [1.165, 1.54) is 0 Å². The molecule has 20 heavy (non-hydrogen) atoms. The van der Waals surface area contributed by atoms with Crippen LogP contribution in [0.15, 0.2) is 18.2 Å². The molecular formula is C15H23N3O2. The summed E-state index contributed by atoms with van der Waals surface area (Å²) in [4.78, 5) is 15.9. The van der Waals surface area contributed by atoms with Crippen LogP contribution in [0.25, 0.3) is 0 Å². The number of carboxylic acid groups (broad SMARTS) is 1. The van der Waals surface area contributed by atoms with E-state index in [-0.39, 0.29) is 5.56 Å². The fourth-order valence-electron chi connectivity index (χ4n) is 2.85. The number of carbonyl (C=O) groups is 1. The summed E-state index contributed by atoms with van der Waals surface area (Å²) in [5, 5.41) is 9.30. The lowest BCUT2D eigenvalue weighted by Gasteiger charge is -2.35. The zero-order chi connectivity index (χ0) is 14.7. The zero-order valence-corrected chi connectivity index (χ0v) is 12.2. The fourth-order valence-corrected chi connectivity index (χ4v) is 2.85. The first-order valence-electron chi connectivity index (χ1n) is 6.98. The minimum absolute atomic E-state index is 0.243. The van der Waals surface area contributed by atoms with Gasteiger partial charge in [-0.25, -0.2) is 4.79 Å². The highest BCUT2D eigenvalue weighted by molar-refractivity contribution is 5.95. The van der Waals surface area contributed by atoms with Crippen LogP contribution in [-0.4, -0.2) is 54.1 Å². The van der Waals surface area contributed by atoms with E-state index in [1.54, 1.807) is 6.07 Å². The number of hydrogen-bond acceptors (Lipinski definition) is 4. The second-order valence-corrected chi connectivity index (χ2v) is 5.64. The largest absolute Gasteiger partial charge is 0.478 e. The second kappa shape index (κ2) is 6.24. The number of aromatic carboxylic acids is 1. The van der Waals surface area contributed by atoms with Crippen molar-refractivity contribution in [2.24, 2.45) is 0 Å². The summed E-state index contributed by atoms with van der Waals surface area (Å²) in [5.74, 6) is -0.949. The predicted molar refractivity (Wildman–Crippen MR) is 79.8 cm³/mol. The third-order valence-corrected chi connectivity index (χ3v) is 4.13. The number of piperidine rings is 1. The average Bonchev–Trinajstić information content (AvgIpc) is 2.39. The Hall–Kier alpha value is -1.59. The van der Waals surface area contributed by atoms with Crippen LogP contribution in [0.1, 0.15) is 28.8 Å². The van der Waals surface area contributed by atoms with Crippen molar-refractivity contribution >= 4 is 11.7 Å². The monoisotopic (exact) mass is 277 g/mol. The second-order valence-electron chi connectivity index (χ2n) is 5.64. The molecule has 5 nitrogen and oxygen atoms in total. The number of rotatable bonds is 4. The molecule has 1 aliphatic heterocycles. The molecule has 1 aliphatic rings. The van der Waals surface area contributed by atoms with Gasteiger partial charge in [-0.3, -0.25) is 4.90 Å². The lowest BCUT2D eigenvalue weighted by molar-refractivity contribution is 0.0694. The van der Waals surface area contributed by atoms with Crippen molar-refractivity contribution in [2.45, 2.75) is 25.4 Å². The van der Waals surface area contributed by atoms with Crippen molar-refractivity contribution in [2.75, 3.05) is 32.9 Å². The normalized spacial score (nSPS) is 17.6. The highest BCUT2D eigenvalue weighted by Crippen LogP contribution is 2.21. The molecule has 0 amide bonds. The summed E-state index contributed by atoms with van der Waals surface area (Å²) in [6.07, 6.45) is 2.25. The summed E-state index contributed by atoms with van der Waals surface area (Å²) in [7, 11) is 4.20. The topological polar surface area (TPSA) is 69.8 Å². The maximum atomic E-state index is 11.3. The summed E-state index contributed by atoms with van der Waals surface area (Å²) >= 11 is 0. The van der Waals surface area contributed by atoms with Crippen LogP contribution in [0.4, 0.5) is 5.69 Å². The van der Waals surface area contributed by atoms with Gasteiger partial charge < -0.3 is 15.7 Å². The van der Waals surface area contributed by atoms with Crippen molar-refractivity contribution in [3.05, 3.63) is 29.3 Å². The standard InChI is InChI=1S/C15H23N3O2/c1-17-8-6-12(7-9-17)18(2)10-11-4-3-5-13(16)14(11)15(19)20/h3-5,12H,6-10,16H2,1-2H3,(H,19,20). The third kappa shape index (κ3) is 3.29. The Bertz CT molecular complexity index is 482. The fraction of sp³-hybridized carbons (Fsp3) is 0.533. The molecule has 1 aromatic rings. The predicted octanol–water partition coefficient (Wildman–Crippen LogP) is 1.49. The molecule has 0 unspecified atom stereocenters. The Morgan fingerprint density at radius 1 is 1.45 bits per heavy atom. The molecule has 0 saturated carbocycles. The molecule has 2 rings (SSSR count). The van der Waals surface area contributed by atoms with E-state index in [1.807, 2.05) is 12.1 Å². The number of hydrogen-bond donors (Lipinski definition) is 2.